The summed E-state index contributed by atoms with van der Waals surface area (Å²) in [6.45, 7) is 3.50. The van der Waals surface area contributed by atoms with Gasteiger partial charge in [0.15, 0.2) is 11.5 Å². The van der Waals surface area contributed by atoms with Gasteiger partial charge < -0.3 is 14.8 Å². The van der Waals surface area contributed by atoms with Crippen LogP contribution >= 0.6 is 0 Å². The molecular weight excluding hydrogens is 202 g/mol. The smallest absolute Gasteiger partial charge is 0.231 e. The van der Waals surface area contributed by atoms with E-state index in [1.807, 2.05) is 12.1 Å². The minimum absolute atomic E-state index is 0.336. The molecule has 3 nitrogen and oxygen atoms in total. The lowest BCUT2D eigenvalue weighted by Crippen LogP contribution is -2.47. The van der Waals surface area contributed by atoms with Crippen LogP contribution in [0.15, 0.2) is 18.2 Å². The third-order valence-corrected chi connectivity index (χ3v) is 3.64. The predicted molar refractivity (Wildman–Crippen MR) is 61.7 cm³/mol. The first-order valence-corrected chi connectivity index (χ1v) is 5.89. The first-order chi connectivity index (χ1) is 7.77. The van der Waals surface area contributed by atoms with E-state index in [0.717, 1.165) is 18.0 Å². The summed E-state index contributed by atoms with van der Waals surface area (Å²) in [4.78, 5) is 0. The zero-order chi connectivity index (χ0) is 11.0. The van der Waals surface area contributed by atoms with Crippen LogP contribution in [-0.2, 0) is 6.54 Å². The standard InChI is InChI=1S/C13H17NO2/c1-13(6-3-7-13)14-8-10-4-2-5-11-12(10)16-9-15-11/h2,4-5,14H,3,6-9H2,1H3. The van der Waals surface area contributed by atoms with Crippen molar-refractivity contribution in [3.63, 3.8) is 0 Å². The largest absolute Gasteiger partial charge is 0.454 e. The quantitative estimate of drug-likeness (QED) is 0.847. The van der Waals surface area contributed by atoms with Gasteiger partial charge in [-0.05, 0) is 32.3 Å². The molecule has 1 fully saturated rings. The van der Waals surface area contributed by atoms with E-state index in [9.17, 15) is 0 Å². The van der Waals surface area contributed by atoms with Gasteiger partial charge in [-0.2, -0.15) is 0 Å². The van der Waals surface area contributed by atoms with E-state index in [-0.39, 0.29) is 0 Å². The summed E-state index contributed by atoms with van der Waals surface area (Å²) in [6, 6.07) is 6.08. The van der Waals surface area contributed by atoms with Crippen LogP contribution in [0.3, 0.4) is 0 Å². The van der Waals surface area contributed by atoms with Crippen molar-refractivity contribution in [1.29, 1.82) is 0 Å². The number of para-hydroxylation sites is 1. The molecule has 0 radical (unpaired) electrons. The summed E-state index contributed by atoms with van der Waals surface area (Å²) < 4.78 is 10.8. The van der Waals surface area contributed by atoms with Crippen molar-refractivity contribution in [2.75, 3.05) is 6.79 Å². The fraction of sp³-hybridized carbons (Fsp3) is 0.538. The molecule has 16 heavy (non-hydrogen) atoms. The lowest BCUT2D eigenvalue weighted by Gasteiger charge is -2.39. The van der Waals surface area contributed by atoms with Crippen LogP contribution in [-0.4, -0.2) is 12.3 Å². The van der Waals surface area contributed by atoms with Gasteiger partial charge in [0.2, 0.25) is 6.79 Å². The van der Waals surface area contributed by atoms with Gasteiger partial charge in [0.05, 0.1) is 0 Å². The van der Waals surface area contributed by atoms with Gasteiger partial charge in [-0.3, -0.25) is 0 Å². The molecule has 1 saturated carbocycles. The molecule has 1 N–H and O–H groups in total. The minimum Gasteiger partial charge on any atom is -0.454 e. The highest BCUT2D eigenvalue weighted by Crippen LogP contribution is 2.36. The van der Waals surface area contributed by atoms with Gasteiger partial charge in [-0.15, -0.1) is 0 Å². The molecule has 86 valence electrons. The fourth-order valence-corrected chi connectivity index (χ4v) is 2.32. The van der Waals surface area contributed by atoms with Crippen LogP contribution in [0, 0.1) is 0 Å². The predicted octanol–water partition coefficient (Wildman–Crippen LogP) is 2.45. The summed E-state index contributed by atoms with van der Waals surface area (Å²) in [5.74, 6) is 1.79. The van der Waals surface area contributed by atoms with Crippen molar-refractivity contribution < 1.29 is 9.47 Å². The maximum absolute atomic E-state index is 5.48. The molecule has 2 aliphatic rings. The summed E-state index contributed by atoms with van der Waals surface area (Å²) in [5, 5.41) is 3.61. The van der Waals surface area contributed by atoms with Gasteiger partial charge in [0.1, 0.15) is 0 Å². The Hall–Kier alpha value is -1.22. The first kappa shape index (κ1) is 9.97. The molecule has 3 heteroatoms. The fourth-order valence-electron chi connectivity index (χ4n) is 2.32. The molecular formula is C13H17NO2. The summed E-state index contributed by atoms with van der Waals surface area (Å²) in [5.41, 5.74) is 1.53. The van der Waals surface area contributed by atoms with Crippen molar-refractivity contribution in [1.82, 2.24) is 5.32 Å². The van der Waals surface area contributed by atoms with E-state index >= 15 is 0 Å². The first-order valence-electron chi connectivity index (χ1n) is 5.89. The molecule has 0 spiro atoms. The number of ether oxygens (including phenoxy) is 2. The van der Waals surface area contributed by atoms with Crippen LogP contribution in [0.5, 0.6) is 11.5 Å². The van der Waals surface area contributed by atoms with Crippen LogP contribution < -0.4 is 14.8 Å². The highest BCUT2D eigenvalue weighted by Gasteiger charge is 2.31. The summed E-state index contributed by atoms with van der Waals surface area (Å²) >= 11 is 0. The number of hydrogen-bond donors (Lipinski definition) is 1. The van der Waals surface area contributed by atoms with Crippen molar-refractivity contribution in [2.45, 2.75) is 38.3 Å². The molecule has 0 unspecified atom stereocenters. The number of rotatable bonds is 3. The van der Waals surface area contributed by atoms with Gasteiger partial charge in [0.25, 0.3) is 0 Å². The second-order valence-electron chi connectivity index (χ2n) is 4.92. The maximum Gasteiger partial charge on any atom is 0.231 e. The van der Waals surface area contributed by atoms with Crippen LogP contribution in [0.25, 0.3) is 0 Å². The van der Waals surface area contributed by atoms with Crippen molar-refractivity contribution >= 4 is 0 Å². The summed E-state index contributed by atoms with van der Waals surface area (Å²) in [7, 11) is 0. The Labute approximate surface area is 95.8 Å². The minimum atomic E-state index is 0.336. The molecule has 1 aliphatic carbocycles. The second-order valence-corrected chi connectivity index (χ2v) is 4.92. The average Bonchev–Trinajstić information content (AvgIpc) is 2.72. The normalized spacial score (nSPS) is 20.6. The van der Waals surface area contributed by atoms with E-state index in [1.54, 1.807) is 0 Å². The average molecular weight is 219 g/mol. The molecule has 0 aromatic heterocycles. The molecule has 0 saturated heterocycles. The molecule has 1 aromatic carbocycles. The highest BCUT2D eigenvalue weighted by atomic mass is 16.7. The Morgan fingerprint density at radius 2 is 2.19 bits per heavy atom. The van der Waals surface area contributed by atoms with Gasteiger partial charge in [-0.25, -0.2) is 0 Å². The van der Waals surface area contributed by atoms with Crippen molar-refractivity contribution in [3.05, 3.63) is 23.8 Å². The third kappa shape index (κ3) is 1.65. The Morgan fingerprint density at radius 1 is 1.31 bits per heavy atom. The van der Waals surface area contributed by atoms with E-state index in [0.29, 0.717) is 12.3 Å². The monoisotopic (exact) mass is 219 g/mol. The maximum atomic E-state index is 5.48. The number of benzene rings is 1. The molecule has 0 amide bonds. The lowest BCUT2D eigenvalue weighted by molar-refractivity contribution is 0.172. The van der Waals surface area contributed by atoms with E-state index in [2.05, 4.69) is 18.3 Å². The SMILES string of the molecule is CC1(NCc2cccc3c2OCO3)CCC1. The van der Waals surface area contributed by atoms with Gasteiger partial charge in [0, 0.05) is 17.6 Å². The Bertz CT molecular complexity index is 399. The van der Waals surface area contributed by atoms with E-state index < -0.39 is 0 Å². The van der Waals surface area contributed by atoms with Crippen LogP contribution in [0.2, 0.25) is 0 Å². The molecule has 0 bridgehead atoms. The third-order valence-electron chi connectivity index (χ3n) is 3.64. The van der Waals surface area contributed by atoms with E-state index in [1.165, 1.54) is 24.8 Å². The second kappa shape index (κ2) is 3.67. The Morgan fingerprint density at radius 3 is 2.94 bits per heavy atom. The van der Waals surface area contributed by atoms with Crippen molar-refractivity contribution in [2.24, 2.45) is 0 Å². The Kier molecular flexibility index (Phi) is 2.28. The van der Waals surface area contributed by atoms with Gasteiger partial charge in [-0.1, -0.05) is 12.1 Å². The van der Waals surface area contributed by atoms with Gasteiger partial charge >= 0.3 is 0 Å². The Balaban J connectivity index is 1.72. The lowest BCUT2D eigenvalue weighted by atomic mass is 9.78. The van der Waals surface area contributed by atoms with Crippen molar-refractivity contribution in [3.8, 4) is 11.5 Å². The number of hydrogen-bond acceptors (Lipinski definition) is 3. The number of fused-ring (bicyclic) bond motifs is 1. The van der Waals surface area contributed by atoms with E-state index in [4.69, 9.17) is 9.47 Å². The van der Waals surface area contributed by atoms with Crippen LogP contribution in [0.1, 0.15) is 31.7 Å². The zero-order valence-electron chi connectivity index (χ0n) is 9.58. The van der Waals surface area contributed by atoms with Crippen LogP contribution in [0.4, 0.5) is 0 Å². The molecule has 1 aliphatic heterocycles. The molecule has 0 atom stereocenters. The highest BCUT2D eigenvalue weighted by molar-refractivity contribution is 5.48. The molecule has 1 aromatic rings. The summed E-state index contributed by atoms with van der Waals surface area (Å²) in [6.07, 6.45) is 3.90. The molecule has 1 heterocycles. The number of nitrogens with one attached hydrogen (secondary N) is 1. The zero-order valence-corrected chi connectivity index (χ0v) is 9.58. The topological polar surface area (TPSA) is 30.5 Å². The molecule has 3 rings (SSSR count).